The second-order valence-electron chi connectivity index (χ2n) is 5.27. The van der Waals surface area contributed by atoms with Crippen molar-refractivity contribution in [2.45, 2.75) is 27.7 Å². The van der Waals surface area contributed by atoms with Crippen molar-refractivity contribution >= 4 is 18.4 Å². The zero-order valence-corrected chi connectivity index (χ0v) is 16.3. The average molecular weight is 364 g/mol. The third kappa shape index (κ3) is 5.02. The predicted octanol–water partition coefficient (Wildman–Crippen LogP) is 4.58. The van der Waals surface area contributed by atoms with Gasteiger partial charge in [0.25, 0.3) is 0 Å². The first-order chi connectivity index (χ1) is 13.0. The molecular formula is C21H24N4O2. The van der Waals surface area contributed by atoms with Crippen LogP contribution in [0.5, 0.6) is 0 Å². The highest BCUT2D eigenvalue weighted by Gasteiger charge is 2.24. The lowest BCUT2D eigenvalue weighted by Crippen LogP contribution is -2.06. The fraction of sp³-hybridized carbons (Fsp3) is 0.238. The van der Waals surface area contributed by atoms with Crippen LogP contribution in [0.4, 0.5) is 0 Å². The number of aromatic nitrogens is 1. The molecule has 0 aliphatic carbocycles. The summed E-state index contributed by atoms with van der Waals surface area (Å²) in [6, 6.07) is 9.34. The first-order valence-electron chi connectivity index (χ1n) is 8.60. The number of carboxylic acids is 1. The number of benzene rings is 1. The Hall–Kier alpha value is -3.46. The first-order valence-corrected chi connectivity index (χ1v) is 8.60. The molecular weight excluding hydrogens is 340 g/mol. The SMILES string of the molecule is CC.CC=N/C=C\N=Cc1ccc(-c2c(C#N)c(C)n(C)c2C(=O)O)cc1. The van der Waals surface area contributed by atoms with Gasteiger partial charge in [-0.3, -0.25) is 9.98 Å². The minimum absolute atomic E-state index is 0.107. The third-order valence-corrected chi connectivity index (χ3v) is 3.81. The van der Waals surface area contributed by atoms with Gasteiger partial charge < -0.3 is 9.67 Å². The van der Waals surface area contributed by atoms with Crippen LogP contribution in [-0.2, 0) is 7.05 Å². The Kier molecular flexibility index (Phi) is 8.40. The smallest absolute Gasteiger partial charge is 0.353 e. The largest absolute Gasteiger partial charge is 0.477 e. The minimum atomic E-state index is -1.06. The van der Waals surface area contributed by atoms with E-state index >= 15 is 0 Å². The standard InChI is InChI=1S/C19H18N4O2.C2H6/c1-4-21-9-10-22-12-14-5-7-15(8-6-14)17-16(11-20)13(2)23(3)18(17)19(24)25;1-2/h4-10,12H,1-3H3,(H,24,25);1-2H3/b10-9-,21-4?,22-12?;. The Morgan fingerprint density at radius 3 is 2.30 bits per heavy atom. The van der Waals surface area contributed by atoms with Crippen molar-refractivity contribution in [3.05, 3.63) is 59.2 Å². The maximum atomic E-state index is 11.6. The highest BCUT2D eigenvalue weighted by molar-refractivity contribution is 5.97. The summed E-state index contributed by atoms with van der Waals surface area (Å²) in [5, 5.41) is 18.9. The molecule has 6 heteroatoms. The quantitative estimate of drug-likeness (QED) is 0.787. The third-order valence-electron chi connectivity index (χ3n) is 3.81. The first kappa shape index (κ1) is 21.6. The maximum absolute atomic E-state index is 11.6. The van der Waals surface area contributed by atoms with Crippen LogP contribution in [0, 0.1) is 18.3 Å². The van der Waals surface area contributed by atoms with Crippen molar-refractivity contribution < 1.29 is 9.90 Å². The van der Waals surface area contributed by atoms with Crippen molar-refractivity contribution in [2.24, 2.45) is 17.0 Å². The Morgan fingerprint density at radius 1 is 1.19 bits per heavy atom. The van der Waals surface area contributed by atoms with Gasteiger partial charge in [-0.05, 0) is 25.0 Å². The summed E-state index contributed by atoms with van der Waals surface area (Å²) in [5.74, 6) is -1.06. The van der Waals surface area contributed by atoms with E-state index in [1.807, 2.05) is 32.9 Å². The molecule has 0 saturated heterocycles. The van der Waals surface area contributed by atoms with E-state index in [2.05, 4.69) is 16.1 Å². The van der Waals surface area contributed by atoms with Crippen LogP contribution in [0.2, 0.25) is 0 Å². The van der Waals surface area contributed by atoms with Gasteiger partial charge in [0.05, 0.1) is 5.56 Å². The number of rotatable bonds is 5. The molecule has 0 saturated carbocycles. The monoisotopic (exact) mass is 364 g/mol. The summed E-state index contributed by atoms with van der Waals surface area (Å²) in [6.07, 6.45) is 6.49. The number of nitriles is 1. The summed E-state index contributed by atoms with van der Waals surface area (Å²) in [6.45, 7) is 7.56. The van der Waals surface area contributed by atoms with Gasteiger partial charge in [0.2, 0.25) is 0 Å². The Morgan fingerprint density at radius 2 is 1.78 bits per heavy atom. The fourth-order valence-electron chi connectivity index (χ4n) is 2.50. The van der Waals surface area contributed by atoms with Crippen LogP contribution < -0.4 is 0 Å². The van der Waals surface area contributed by atoms with Crippen molar-refractivity contribution in [3.8, 4) is 17.2 Å². The number of hydrogen-bond donors (Lipinski definition) is 1. The van der Waals surface area contributed by atoms with Crippen LogP contribution in [0.3, 0.4) is 0 Å². The number of carbonyl (C=O) groups is 1. The predicted molar refractivity (Wildman–Crippen MR) is 110 cm³/mol. The lowest BCUT2D eigenvalue weighted by atomic mass is 9.99. The number of aliphatic imine (C=N–C) groups is 2. The van der Waals surface area contributed by atoms with Gasteiger partial charge in [-0.25, -0.2) is 4.79 Å². The van der Waals surface area contributed by atoms with Gasteiger partial charge in [-0.1, -0.05) is 38.1 Å². The molecule has 1 N–H and O–H groups in total. The van der Waals surface area contributed by atoms with Gasteiger partial charge in [0.15, 0.2) is 0 Å². The van der Waals surface area contributed by atoms with Gasteiger partial charge in [-0.15, -0.1) is 0 Å². The molecule has 27 heavy (non-hydrogen) atoms. The fourth-order valence-corrected chi connectivity index (χ4v) is 2.50. The highest BCUT2D eigenvalue weighted by atomic mass is 16.4. The topological polar surface area (TPSA) is 90.7 Å². The van der Waals surface area contributed by atoms with E-state index in [-0.39, 0.29) is 5.69 Å². The lowest BCUT2D eigenvalue weighted by molar-refractivity contribution is 0.0687. The molecule has 0 spiro atoms. The molecule has 2 rings (SSSR count). The molecule has 0 radical (unpaired) electrons. The summed E-state index contributed by atoms with van der Waals surface area (Å²) in [5.41, 5.74) is 3.09. The Balaban J connectivity index is 0.00000176. The van der Waals surface area contributed by atoms with Crippen LogP contribution in [0.15, 0.2) is 46.7 Å². The zero-order chi connectivity index (χ0) is 20.4. The zero-order valence-electron chi connectivity index (χ0n) is 16.3. The van der Waals surface area contributed by atoms with Crippen molar-refractivity contribution in [3.63, 3.8) is 0 Å². The molecule has 2 aromatic rings. The van der Waals surface area contributed by atoms with Crippen molar-refractivity contribution in [1.82, 2.24) is 4.57 Å². The summed E-state index contributed by atoms with van der Waals surface area (Å²) in [4.78, 5) is 19.6. The van der Waals surface area contributed by atoms with Gasteiger partial charge in [0, 0.05) is 43.1 Å². The number of hydrogen-bond acceptors (Lipinski definition) is 4. The maximum Gasteiger partial charge on any atom is 0.353 e. The second kappa shape index (κ2) is 10.5. The van der Waals surface area contributed by atoms with E-state index in [9.17, 15) is 15.2 Å². The summed E-state index contributed by atoms with van der Waals surface area (Å²) < 4.78 is 1.53. The molecule has 0 bridgehead atoms. The van der Waals surface area contributed by atoms with E-state index in [1.54, 1.807) is 50.9 Å². The van der Waals surface area contributed by atoms with Gasteiger partial charge in [0.1, 0.15) is 11.8 Å². The van der Waals surface area contributed by atoms with Crippen molar-refractivity contribution in [1.29, 1.82) is 5.26 Å². The van der Waals surface area contributed by atoms with Crippen LogP contribution >= 0.6 is 0 Å². The minimum Gasteiger partial charge on any atom is -0.477 e. The van der Waals surface area contributed by atoms with Crippen LogP contribution in [0.25, 0.3) is 11.1 Å². The molecule has 1 aromatic carbocycles. The van der Waals surface area contributed by atoms with E-state index in [0.717, 1.165) is 5.56 Å². The Bertz CT molecular complexity index is 911. The number of aromatic carboxylic acids is 1. The highest BCUT2D eigenvalue weighted by Crippen LogP contribution is 2.31. The molecule has 0 unspecified atom stereocenters. The van der Waals surface area contributed by atoms with E-state index in [4.69, 9.17) is 0 Å². The Labute approximate surface area is 159 Å². The molecule has 1 aromatic heterocycles. The van der Waals surface area contributed by atoms with Crippen molar-refractivity contribution in [2.75, 3.05) is 0 Å². The van der Waals surface area contributed by atoms with E-state index in [0.29, 0.717) is 22.4 Å². The summed E-state index contributed by atoms with van der Waals surface area (Å²) >= 11 is 0. The van der Waals surface area contributed by atoms with Gasteiger partial charge >= 0.3 is 5.97 Å². The number of nitrogens with zero attached hydrogens (tertiary/aromatic N) is 4. The number of carboxylic acid groups (broad SMARTS) is 1. The molecule has 0 atom stereocenters. The summed E-state index contributed by atoms with van der Waals surface area (Å²) in [7, 11) is 1.65. The van der Waals surface area contributed by atoms with E-state index < -0.39 is 5.97 Å². The van der Waals surface area contributed by atoms with Crippen LogP contribution in [0.1, 0.15) is 48.1 Å². The molecule has 6 nitrogen and oxygen atoms in total. The lowest BCUT2D eigenvalue weighted by Gasteiger charge is -2.04. The average Bonchev–Trinajstić information content (AvgIpc) is 2.94. The molecule has 0 fully saturated rings. The second-order valence-corrected chi connectivity index (χ2v) is 5.27. The van der Waals surface area contributed by atoms with Gasteiger partial charge in [-0.2, -0.15) is 5.26 Å². The van der Waals surface area contributed by atoms with Crippen LogP contribution in [-0.4, -0.2) is 28.1 Å². The van der Waals surface area contributed by atoms with E-state index in [1.165, 1.54) is 4.57 Å². The molecule has 1 heterocycles. The molecule has 0 aliphatic rings. The molecule has 0 amide bonds. The normalized spacial score (nSPS) is 11.0. The molecule has 140 valence electrons. The molecule has 0 aliphatic heterocycles.